The number of nitrogens with one attached hydrogen (secondary N) is 1. The fourth-order valence-corrected chi connectivity index (χ4v) is 1.54. The number of unbranched alkanes of at least 4 members (excludes halogenated alkanes) is 1. The minimum atomic E-state index is -0.00828. The van der Waals surface area contributed by atoms with Crippen LogP contribution < -0.4 is 10.9 Å². The molecule has 0 amide bonds. The molecular weight excluding hydrogens is 214 g/mol. The van der Waals surface area contributed by atoms with Crippen LogP contribution in [-0.2, 0) is 13.1 Å². The van der Waals surface area contributed by atoms with Crippen molar-refractivity contribution in [2.45, 2.75) is 46.7 Å². The summed E-state index contributed by atoms with van der Waals surface area (Å²) in [7, 11) is 0. The van der Waals surface area contributed by atoms with Crippen LogP contribution in [0.25, 0.3) is 0 Å². The second-order valence-corrected chi connectivity index (χ2v) is 4.76. The Morgan fingerprint density at radius 1 is 1.41 bits per heavy atom. The molecule has 4 heteroatoms. The first-order valence-electron chi connectivity index (χ1n) is 6.41. The monoisotopic (exact) mass is 237 g/mol. The summed E-state index contributed by atoms with van der Waals surface area (Å²) in [5.41, 5.74) is 0.924. The molecule has 4 nitrogen and oxygen atoms in total. The molecule has 1 rings (SSSR count). The fourth-order valence-electron chi connectivity index (χ4n) is 1.54. The van der Waals surface area contributed by atoms with E-state index in [9.17, 15) is 4.79 Å². The third kappa shape index (κ3) is 5.13. The van der Waals surface area contributed by atoms with Gasteiger partial charge in [0.2, 0.25) is 0 Å². The Morgan fingerprint density at radius 3 is 2.82 bits per heavy atom. The van der Waals surface area contributed by atoms with Gasteiger partial charge in [0, 0.05) is 19.2 Å². The largest absolute Gasteiger partial charge is 0.311 e. The van der Waals surface area contributed by atoms with Gasteiger partial charge in [-0.25, -0.2) is 4.68 Å². The summed E-state index contributed by atoms with van der Waals surface area (Å²) in [5.74, 6) is 0.626. The molecule has 1 aromatic rings. The van der Waals surface area contributed by atoms with Crippen molar-refractivity contribution in [1.29, 1.82) is 0 Å². The van der Waals surface area contributed by atoms with Gasteiger partial charge in [0.15, 0.2) is 0 Å². The van der Waals surface area contributed by atoms with Gasteiger partial charge >= 0.3 is 0 Å². The standard InChI is InChI=1S/C13H23N3O/c1-4-5-8-16-13(17)7-6-12(15-16)10-14-9-11(2)3/h6-7,11,14H,4-5,8-10H2,1-3H3. The van der Waals surface area contributed by atoms with E-state index in [1.165, 1.54) is 0 Å². The minimum absolute atomic E-state index is 0.00828. The number of rotatable bonds is 7. The Bertz CT molecular complexity index is 384. The molecule has 0 fully saturated rings. The van der Waals surface area contributed by atoms with Crippen LogP contribution >= 0.6 is 0 Å². The molecule has 17 heavy (non-hydrogen) atoms. The lowest BCUT2D eigenvalue weighted by Gasteiger charge is -2.08. The van der Waals surface area contributed by atoms with Gasteiger partial charge in [-0.3, -0.25) is 4.79 Å². The highest BCUT2D eigenvalue weighted by Crippen LogP contribution is 1.95. The summed E-state index contributed by atoms with van der Waals surface area (Å²) in [6.07, 6.45) is 2.07. The highest BCUT2D eigenvalue weighted by atomic mass is 16.1. The molecule has 0 bridgehead atoms. The number of aryl methyl sites for hydroxylation is 1. The summed E-state index contributed by atoms with van der Waals surface area (Å²) in [4.78, 5) is 11.5. The van der Waals surface area contributed by atoms with Crippen LogP contribution in [-0.4, -0.2) is 16.3 Å². The SMILES string of the molecule is CCCCn1nc(CNCC(C)C)ccc1=O. The summed E-state index contributed by atoms with van der Waals surface area (Å²) in [6.45, 7) is 8.86. The number of aromatic nitrogens is 2. The highest BCUT2D eigenvalue weighted by Gasteiger charge is 2.00. The Hall–Kier alpha value is -1.16. The van der Waals surface area contributed by atoms with Gasteiger partial charge in [-0.05, 0) is 24.9 Å². The van der Waals surface area contributed by atoms with Crippen LogP contribution in [0.1, 0.15) is 39.3 Å². The molecule has 0 spiro atoms. The summed E-state index contributed by atoms with van der Waals surface area (Å²) >= 11 is 0. The summed E-state index contributed by atoms with van der Waals surface area (Å²) < 4.78 is 1.57. The Morgan fingerprint density at radius 2 is 2.18 bits per heavy atom. The van der Waals surface area contributed by atoms with Gasteiger partial charge in [-0.15, -0.1) is 0 Å². The molecule has 96 valence electrons. The molecule has 0 aliphatic carbocycles. The Kier molecular flexibility index (Phi) is 5.91. The van der Waals surface area contributed by atoms with Crippen molar-refractivity contribution < 1.29 is 0 Å². The average molecular weight is 237 g/mol. The van der Waals surface area contributed by atoms with Gasteiger partial charge in [-0.2, -0.15) is 5.10 Å². The zero-order valence-electron chi connectivity index (χ0n) is 11.1. The molecule has 0 aromatic carbocycles. The lowest BCUT2D eigenvalue weighted by molar-refractivity contribution is 0.509. The number of hydrogen-bond donors (Lipinski definition) is 1. The van der Waals surface area contributed by atoms with Crippen LogP contribution in [0.2, 0.25) is 0 Å². The van der Waals surface area contributed by atoms with E-state index >= 15 is 0 Å². The maximum Gasteiger partial charge on any atom is 0.266 e. The van der Waals surface area contributed by atoms with Crippen LogP contribution in [0, 0.1) is 5.92 Å². The fraction of sp³-hybridized carbons (Fsp3) is 0.692. The molecule has 0 atom stereocenters. The van der Waals surface area contributed by atoms with Crippen molar-refractivity contribution in [1.82, 2.24) is 15.1 Å². The van der Waals surface area contributed by atoms with Gasteiger partial charge in [-0.1, -0.05) is 27.2 Å². The molecule has 0 radical (unpaired) electrons. The molecule has 0 aliphatic heterocycles. The van der Waals surface area contributed by atoms with Crippen molar-refractivity contribution in [3.05, 3.63) is 28.2 Å². The van der Waals surface area contributed by atoms with Crippen LogP contribution in [0.3, 0.4) is 0 Å². The topological polar surface area (TPSA) is 46.9 Å². The minimum Gasteiger partial charge on any atom is -0.311 e. The molecule has 1 aromatic heterocycles. The molecule has 0 saturated heterocycles. The normalized spacial score (nSPS) is 11.1. The Balaban J connectivity index is 2.58. The molecule has 0 aliphatic rings. The van der Waals surface area contributed by atoms with E-state index in [1.807, 2.05) is 0 Å². The molecule has 1 heterocycles. The predicted molar refractivity (Wildman–Crippen MR) is 69.9 cm³/mol. The van der Waals surface area contributed by atoms with E-state index in [0.717, 1.165) is 31.6 Å². The van der Waals surface area contributed by atoms with Crippen molar-refractivity contribution in [3.63, 3.8) is 0 Å². The van der Waals surface area contributed by atoms with Gasteiger partial charge in [0.25, 0.3) is 5.56 Å². The van der Waals surface area contributed by atoms with Crippen molar-refractivity contribution >= 4 is 0 Å². The first-order valence-corrected chi connectivity index (χ1v) is 6.41. The smallest absolute Gasteiger partial charge is 0.266 e. The number of hydrogen-bond acceptors (Lipinski definition) is 3. The van der Waals surface area contributed by atoms with E-state index in [4.69, 9.17) is 0 Å². The van der Waals surface area contributed by atoms with Crippen LogP contribution in [0.5, 0.6) is 0 Å². The number of nitrogens with zero attached hydrogens (tertiary/aromatic N) is 2. The quantitative estimate of drug-likeness (QED) is 0.786. The highest BCUT2D eigenvalue weighted by molar-refractivity contribution is 5.00. The molecular formula is C13H23N3O. The van der Waals surface area contributed by atoms with Crippen molar-refractivity contribution in [2.24, 2.45) is 5.92 Å². The lowest BCUT2D eigenvalue weighted by Crippen LogP contribution is -2.26. The lowest BCUT2D eigenvalue weighted by atomic mass is 10.2. The summed E-state index contributed by atoms with van der Waals surface area (Å²) in [6, 6.07) is 3.41. The van der Waals surface area contributed by atoms with E-state index in [0.29, 0.717) is 12.5 Å². The second kappa shape index (κ2) is 7.22. The van der Waals surface area contributed by atoms with E-state index in [2.05, 4.69) is 31.2 Å². The van der Waals surface area contributed by atoms with Gasteiger partial charge in [0.05, 0.1) is 5.69 Å². The van der Waals surface area contributed by atoms with Gasteiger partial charge < -0.3 is 5.32 Å². The predicted octanol–water partition coefficient (Wildman–Crippen LogP) is 1.79. The van der Waals surface area contributed by atoms with Crippen LogP contribution in [0.4, 0.5) is 0 Å². The molecule has 0 saturated carbocycles. The Labute approximate surface area is 103 Å². The second-order valence-electron chi connectivity index (χ2n) is 4.76. The summed E-state index contributed by atoms with van der Waals surface area (Å²) in [5, 5.41) is 7.67. The van der Waals surface area contributed by atoms with E-state index in [1.54, 1.807) is 16.8 Å². The first kappa shape index (κ1) is 13.9. The van der Waals surface area contributed by atoms with E-state index in [-0.39, 0.29) is 5.56 Å². The maximum absolute atomic E-state index is 11.5. The average Bonchev–Trinajstić information content (AvgIpc) is 2.29. The van der Waals surface area contributed by atoms with Crippen molar-refractivity contribution in [2.75, 3.05) is 6.54 Å². The van der Waals surface area contributed by atoms with Crippen molar-refractivity contribution in [3.8, 4) is 0 Å². The van der Waals surface area contributed by atoms with Crippen LogP contribution in [0.15, 0.2) is 16.9 Å². The zero-order chi connectivity index (χ0) is 12.7. The third-order valence-electron chi connectivity index (χ3n) is 2.50. The maximum atomic E-state index is 11.5. The first-order chi connectivity index (χ1) is 8.13. The molecule has 1 N–H and O–H groups in total. The molecule has 0 unspecified atom stereocenters. The third-order valence-corrected chi connectivity index (χ3v) is 2.50. The van der Waals surface area contributed by atoms with Gasteiger partial charge in [0.1, 0.15) is 0 Å². The van der Waals surface area contributed by atoms with E-state index < -0.39 is 0 Å². The zero-order valence-corrected chi connectivity index (χ0v) is 11.1.